The lowest BCUT2D eigenvalue weighted by Crippen LogP contribution is -2.09. The Morgan fingerprint density at radius 2 is 2.00 bits per heavy atom. The monoisotopic (exact) mass is 412 g/mol. The number of aromatic nitrogens is 2. The first-order chi connectivity index (χ1) is 13.6. The maximum absolute atomic E-state index is 13.1. The van der Waals surface area contributed by atoms with Crippen LogP contribution >= 0.6 is 23.1 Å². The molecule has 2 aromatic heterocycles. The topological polar surface area (TPSA) is 42.9 Å². The van der Waals surface area contributed by atoms with Crippen molar-refractivity contribution >= 4 is 39.1 Å². The predicted molar refractivity (Wildman–Crippen MR) is 112 cm³/mol. The Labute approximate surface area is 171 Å². The van der Waals surface area contributed by atoms with E-state index in [0.29, 0.717) is 23.2 Å². The van der Waals surface area contributed by atoms with E-state index in [2.05, 4.69) is 6.92 Å². The smallest absolute Gasteiger partial charge is 0.173 e. The number of thiophene rings is 1. The van der Waals surface area contributed by atoms with Gasteiger partial charge in [-0.1, -0.05) is 18.7 Å². The quantitative estimate of drug-likeness (QED) is 0.301. The number of Topliss-reactive ketones (excluding diaryl/α,β-unsaturated/α-hetero) is 1. The number of hydrogen-bond acceptors (Lipinski definition) is 5. The highest BCUT2D eigenvalue weighted by atomic mass is 32.2. The van der Waals surface area contributed by atoms with Gasteiger partial charge < -0.3 is 0 Å². The molecule has 144 valence electrons. The minimum Gasteiger partial charge on any atom is -0.293 e. The highest BCUT2D eigenvalue weighted by molar-refractivity contribution is 8.00. The number of ketones is 1. The molecule has 1 atom stereocenters. The molecule has 2 aliphatic rings. The van der Waals surface area contributed by atoms with Crippen LogP contribution in [-0.4, -0.2) is 21.5 Å². The molecule has 2 heterocycles. The van der Waals surface area contributed by atoms with Gasteiger partial charge in [0.2, 0.25) is 0 Å². The Hall–Kier alpha value is -1.79. The van der Waals surface area contributed by atoms with Gasteiger partial charge in [-0.25, -0.2) is 14.4 Å². The van der Waals surface area contributed by atoms with Gasteiger partial charge in [0, 0.05) is 21.7 Å². The number of rotatable bonds is 5. The fourth-order valence-electron chi connectivity index (χ4n) is 3.81. The predicted octanol–water partition coefficient (Wildman–Crippen LogP) is 5.81. The number of nitrogens with zero attached hydrogens (tertiary/aromatic N) is 2. The average molecular weight is 413 g/mol. The molecule has 0 amide bonds. The van der Waals surface area contributed by atoms with E-state index >= 15 is 0 Å². The van der Waals surface area contributed by atoms with Crippen LogP contribution in [0.3, 0.4) is 0 Å². The van der Waals surface area contributed by atoms with Gasteiger partial charge >= 0.3 is 0 Å². The minimum absolute atomic E-state index is 0.00227. The van der Waals surface area contributed by atoms with Crippen molar-refractivity contribution in [2.45, 2.75) is 50.0 Å². The number of carbonyl (C=O) groups is 1. The summed E-state index contributed by atoms with van der Waals surface area (Å²) in [6, 6.07) is 5.78. The first-order valence-corrected chi connectivity index (χ1v) is 11.6. The summed E-state index contributed by atoms with van der Waals surface area (Å²) in [6.45, 7) is 2.31. The van der Waals surface area contributed by atoms with E-state index in [1.807, 2.05) is 11.3 Å². The molecule has 28 heavy (non-hydrogen) atoms. The minimum atomic E-state index is -0.324. The molecule has 1 saturated carbocycles. The van der Waals surface area contributed by atoms with E-state index in [4.69, 9.17) is 9.97 Å². The molecular formula is C22H21FN2OS2. The van der Waals surface area contributed by atoms with Gasteiger partial charge in [-0.3, -0.25) is 4.79 Å². The second kappa shape index (κ2) is 7.23. The van der Waals surface area contributed by atoms with Crippen LogP contribution in [0.5, 0.6) is 0 Å². The molecule has 0 radical (unpaired) electrons. The number of aryl methyl sites for hydroxylation is 1. The Bertz CT molecular complexity index is 1060. The summed E-state index contributed by atoms with van der Waals surface area (Å²) in [4.78, 5) is 24.9. The first-order valence-electron chi connectivity index (χ1n) is 9.82. The molecule has 3 nitrogen and oxygen atoms in total. The van der Waals surface area contributed by atoms with Crippen molar-refractivity contribution in [2.75, 3.05) is 5.75 Å². The second-order valence-electron chi connectivity index (χ2n) is 7.91. The molecule has 3 aromatic rings. The number of thioether (sulfide) groups is 1. The lowest BCUT2D eigenvalue weighted by atomic mass is 9.89. The molecule has 0 saturated heterocycles. The maximum atomic E-state index is 13.1. The SMILES string of the molecule is C[C@@H]1CCc2c(sc3nc(C4CC4)nc(SCC(=O)c4ccc(F)cc4)c23)C1. The Balaban J connectivity index is 1.48. The van der Waals surface area contributed by atoms with E-state index in [1.54, 1.807) is 12.1 Å². The zero-order valence-corrected chi connectivity index (χ0v) is 17.3. The highest BCUT2D eigenvalue weighted by Crippen LogP contribution is 2.44. The molecule has 5 rings (SSSR count). The average Bonchev–Trinajstić information content (AvgIpc) is 3.47. The molecule has 1 fully saturated rings. The zero-order valence-electron chi connectivity index (χ0n) is 15.7. The summed E-state index contributed by atoms with van der Waals surface area (Å²) < 4.78 is 13.1. The first kappa shape index (κ1) is 18.3. The fraction of sp³-hybridized carbons (Fsp3) is 0.409. The molecular weight excluding hydrogens is 391 g/mol. The normalized spacial score (nSPS) is 19.0. The summed E-state index contributed by atoms with van der Waals surface area (Å²) >= 11 is 3.33. The maximum Gasteiger partial charge on any atom is 0.173 e. The van der Waals surface area contributed by atoms with Crippen LogP contribution in [0.4, 0.5) is 4.39 Å². The van der Waals surface area contributed by atoms with Crippen LogP contribution in [0.25, 0.3) is 10.2 Å². The van der Waals surface area contributed by atoms with Gasteiger partial charge in [0.25, 0.3) is 0 Å². The third-order valence-corrected chi connectivity index (χ3v) is 7.71. The van der Waals surface area contributed by atoms with Crippen LogP contribution in [0.2, 0.25) is 0 Å². The molecule has 0 aliphatic heterocycles. The van der Waals surface area contributed by atoms with Crippen molar-refractivity contribution in [3.05, 3.63) is 51.9 Å². The summed E-state index contributed by atoms with van der Waals surface area (Å²) in [6.07, 6.45) is 5.70. The number of hydrogen-bond donors (Lipinski definition) is 0. The number of halogens is 1. The van der Waals surface area contributed by atoms with Crippen molar-refractivity contribution in [3.63, 3.8) is 0 Å². The van der Waals surface area contributed by atoms with Crippen molar-refractivity contribution < 1.29 is 9.18 Å². The van der Waals surface area contributed by atoms with Crippen LogP contribution < -0.4 is 0 Å². The van der Waals surface area contributed by atoms with E-state index < -0.39 is 0 Å². The molecule has 6 heteroatoms. The number of benzene rings is 1. The Kier molecular flexibility index (Phi) is 4.71. The van der Waals surface area contributed by atoms with Crippen LogP contribution in [-0.2, 0) is 12.8 Å². The molecule has 2 aliphatic carbocycles. The van der Waals surface area contributed by atoms with Gasteiger partial charge in [0.05, 0.1) is 5.75 Å². The molecule has 0 spiro atoms. The standard InChI is InChI=1S/C22H21FN2OS2/c1-12-2-9-16-18(10-12)28-22-19(16)21(24-20(25-22)14-3-4-14)27-11-17(26)13-5-7-15(23)8-6-13/h5-8,12,14H,2-4,9-11H2,1H3/t12-/m1/s1. The second-order valence-corrected chi connectivity index (χ2v) is 9.96. The summed E-state index contributed by atoms with van der Waals surface area (Å²) in [5.74, 6) is 2.12. The Morgan fingerprint density at radius 1 is 1.21 bits per heavy atom. The molecule has 1 aromatic carbocycles. The van der Waals surface area contributed by atoms with Gasteiger partial charge in [0.15, 0.2) is 5.78 Å². The van der Waals surface area contributed by atoms with Gasteiger partial charge in [0.1, 0.15) is 21.5 Å². The van der Waals surface area contributed by atoms with Gasteiger partial charge in [-0.15, -0.1) is 11.3 Å². The number of fused-ring (bicyclic) bond motifs is 3. The molecule has 0 bridgehead atoms. The van der Waals surface area contributed by atoms with Gasteiger partial charge in [-0.2, -0.15) is 0 Å². The summed E-state index contributed by atoms with van der Waals surface area (Å²) in [5.41, 5.74) is 1.94. The third-order valence-electron chi connectivity index (χ3n) is 5.59. The highest BCUT2D eigenvalue weighted by Gasteiger charge is 2.30. The van der Waals surface area contributed by atoms with Crippen molar-refractivity contribution in [1.82, 2.24) is 9.97 Å². The van der Waals surface area contributed by atoms with Gasteiger partial charge in [-0.05, 0) is 67.9 Å². The third kappa shape index (κ3) is 3.48. The van der Waals surface area contributed by atoms with Crippen molar-refractivity contribution in [1.29, 1.82) is 0 Å². The van der Waals surface area contributed by atoms with E-state index in [1.165, 1.54) is 46.1 Å². The Morgan fingerprint density at radius 3 is 2.75 bits per heavy atom. The summed E-state index contributed by atoms with van der Waals surface area (Å²) in [5, 5.41) is 2.13. The van der Waals surface area contributed by atoms with E-state index in [9.17, 15) is 9.18 Å². The zero-order chi connectivity index (χ0) is 19.3. The molecule has 0 unspecified atom stereocenters. The van der Waals surface area contributed by atoms with Crippen LogP contribution in [0.15, 0.2) is 29.3 Å². The van der Waals surface area contributed by atoms with Crippen LogP contribution in [0.1, 0.15) is 58.7 Å². The lowest BCUT2D eigenvalue weighted by Gasteiger charge is -2.18. The van der Waals surface area contributed by atoms with E-state index in [-0.39, 0.29) is 11.6 Å². The van der Waals surface area contributed by atoms with Crippen molar-refractivity contribution in [2.24, 2.45) is 5.92 Å². The number of carbonyl (C=O) groups excluding carboxylic acids is 1. The van der Waals surface area contributed by atoms with Crippen LogP contribution in [0, 0.1) is 11.7 Å². The molecule has 0 N–H and O–H groups in total. The van der Waals surface area contributed by atoms with E-state index in [0.717, 1.165) is 41.4 Å². The van der Waals surface area contributed by atoms with Crippen molar-refractivity contribution in [3.8, 4) is 0 Å². The summed E-state index contributed by atoms with van der Waals surface area (Å²) in [7, 11) is 0. The largest absolute Gasteiger partial charge is 0.293 e. The fourth-order valence-corrected chi connectivity index (χ4v) is 6.22. The lowest BCUT2D eigenvalue weighted by molar-refractivity contribution is 0.102.